The van der Waals surface area contributed by atoms with Gasteiger partial charge < -0.3 is 14.7 Å². The van der Waals surface area contributed by atoms with Crippen molar-refractivity contribution >= 4 is 13.5 Å². The lowest BCUT2D eigenvalue weighted by molar-refractivity contribution is -0.135. The lowest BCUT2D eigenvalue weighted by Crippen LogP contribution is -2.51. The fourth-order valence-corrected chi connectivity index (χ4v) is 5.65. The molecule has 0 aromatic heterocycles. The molecule has 2 atom stereocenters. The fourth-order valence-electron chi connectivity index (χ4n) is 4.27. The SMILES string of the molecule is CCCCC(CC)CC(CC(CC)CCCC)(C(=O)N(CC)CC)P(=O)(O)O. The minimum Gasteiger partial charge on any atom is -0.342 e. The average Bonchev–Trinajstić information content (AvgIpc) is 2.66. The average molecular weight is 420 g/mol. The smallest absolute Gasteiger partial charge is 0.341 e. The van der Waals surface area contributed by atoms with Gasteiger partial charge in [-0.15, -0.1) is 0 Å². The van der Waals surface area contributed by atoms with Gasteiger partial charge in [0.25, 0.3) is 0 Å². The quantitative estimate of drug-likeness (QED) is 0.301. The van der Waals surface area contributed by atoms with Crippen molar-refractivity contribution in [3.63, 3.8) is 0 Å². The van der Waals surface area contributed by atoms with E-state index in [1.54, 1.807) is 4.90 Å². The second-order valence-corrected chi connectivity index (χ2v) is 10.2. The van der Waals surface area contributed by atoms with Gasteiger partial charge in [-0.2, -0.15) is 0 Å². The summed E-state index contributed by atoms with van der Waals surface area (Å²) in [5, 5.41) is -1.58. The molecule has 0 aliphatic carbocycles. The van der Waals surface area contributed by atoms with Gasteiger partial charge in [0.15, 0.2) is 5.16 Å². The number of amides is 1. The molecule has 2 unspecified atom stereocenters. The van der Waals surface area contributed by atoms with Crippen LogP contribution in [0, 0.1) is 11.8 Å². The number of hydrogen-bond acceptors (Lipinski definition) is 2. The van der Waals surface area contributed by atoms with Crippen LogP contribution in [0.2, 0.25) is 0 Å². The highest BCUT2D eigenvalue weighted by atomic mass is 31.2. The first-order valence-electron chi connectivity index (χ1n) is 11.5. The summed E-state index contributed by atoms with van der Waals surface area (Å²) in [5.41, 5.74) is 0. The van der Waals surface area contributed by atoms with Crippen LogP contribution in [0.5, 0.6) is 0 Å². The van der Waals surface area contributed by atoms with E-state index in [4.69, 9.17) is 0 Å². The predicted octanol–water partition coefficient (Wildman–Crippen LogP) is 5.98. The van der Waals surface area contributed by atoms with Crippen LogP contribution in [0.1, 0.15) is 106 Å². The van der Waals surface area contributed by atoms with Gasteiger partial charge in [0.05, 0.1) is 0 Å². The third kappa shape index (κ3) is 7.80. The molecule has 0 aromatic carbocycles. The zero-order chi connectivity index (χ0) is 21.8. The molecule has 0 spiro atoms. The molecular weight excluding hydrogens is 373 g/mol. The molecule has 1 amide bonds. The third-order valence-electron chi connectivity index (χ3n) is 6.35. The Labute approximate surface area is 173 Å². The lowest BCUT2D eigenvalue weighted by atomic mass is 9.80. The van der Waals surface area contributed by atoms with Crippen molar-refractivity contribution in [1.82, 2.24) is 4.90 Å². The molecule has 2 N–H and O–H groups in total. The highest BCUT2D eigenvalue weighted by molar-refractivity contribution is 7.54. The van der Waals surface area contributed by atoms with E-state index in [0.717, 1.165) is 51.4 Å². The second-order valence-electron chi connectivity index (χ2n) is 8.29. The Morgan fingerprint density at radius 3 is 1.50 bits per heavy atom. The van der Waals surface area contributed by atoms with Crippen LogP contribution in [0.15, 0.2) is 0 Å². The monoisotopic (exact) mass is 419 g/mol. The van der Waals surface area contributed by atoms with E-state index in [2.05, 4.69) is 27.7 Å². The van der Waals surface area contributed by atoms with Crippen LogP contribution in [0.3, 0.4) is 0 Å². The second kappa shape index (κ2) is 13.8. The number of hydrogen-bond donors (Lipinski definition) is 2. The van der Waals surface area contributed by atoms with E-state index in [-0.39, 0.29) is 17.7 Å². The Morgan fingerprint density at radius 1 is 0.857 bits per heavy atom. The number of nitrogens with zero attached hydrogens (tertiary/aromatic N) is 1. The maximum absolute atomic E-state index is 13.6. The minimum atomic E-state index is -4.63. The van der Waals surface area contributed by atoms with Crippen molar-refractivity contribution in [1.29, 1.82) is 0 Å². The molecule has 0 aromatic rings. The summed E-state index contributed by atoms with van der Waals surface area (Å²) in [6, 6.07) is 0. The van der Waals surface area contributed by atoms with Crippen LogP contribution < -0.4 is 0 Å². The van der Waals surface area contributed by atoms with Crippen LogP contribution in [-0.2, 0) is 9.36 Å². The Bertz CT molecular complexity index is 455. The van der Waals surface area contributed by atoms with Crippen molar-refractivity contribution in [3.8, 4) is 0 Å². The number of carbonyl (C=O) groups is 1. The Morgan fingerprint density at radius 2 is 1.25 bits per heavy atom. The number of carbonyl (C=O) groups excluding carboxylic acids is 1. The van der Waals surface area contributed by atoms with Crippen LogP contribution in [-0.4, -0.2) is 38.8 Å². The largest absolute Gasteiger partial charge is 0.342 e. The summed E-state index contributed by atoms with van der Waals surface area (Å²) in [6.45, 7) is 13.1. The summed E-state index contributed by atoms with van der Waals surface area (Å²) >= 11 is 0. The molecule has 5 nitrogen and oxygen atoms in total. The van der Waals surface area contributed by atoms with Crippen LogP contribution in [0.4, 0.5) is 0 Å². The van der Waals surface area contributed by atoms with E-state index in [1.807, 2.05) is 13.8 Å². The minimum absolute atomic E-state index is 0.163. The van der Waals surface area contributed by atoms with E-state index in [1.165, 1.54) is 0 Å². The Balaban J connectivity index is 6.14. The number of unbranched alkanes of at least 4 members (excludes halogenated alkanes) is 2. The molecule has 28 heavy (non-hydrogen) atoms. The van der Waals surface area contributed by atoms with Crippen molar-refractivity contribution in [2.24, 2.45) is 11.8 Å². The summed E-state index contributed by atoms with van der Waals surface area (Å²) in [4.78, 5) is 36.3. The molecule has 0 fully saturated rings. The molecule has 0 aliphatic rings. The summed E-state index contributed by atoms with van der Waals surface area (Å²) < 4.78 is 12.9. The van der Waals surface area contributed by atoms with Gasteiger partial charge >= 0.3 is 7.60 Å². The maximum atomic E-state index is 13.6. The van der Waals surface area contributed by atoms with E-state index < -0.39 is 12.8 Å². The molecule has 6 heteroatoms. The van der Waals surface area contributed by atoms with Gasteiger partial charge in [-0.1, -0.05) is 79.1 Å². The van der Waals surface area contributed by atoms with Crippen molar-refractivity contribution in [2.45, 2.75) is 111 Å². The number of rotatable bonds is 16. The summed E-state index contributed by atoms with van der Waals surface area (Å²) in [7, 11) is -4.63. The molecule has 0 aliphatic heterocycles. The highest BCUT2D eigenvalue weighted by Gasteiger charge is 2.55. The molecule has 0 radical (unpaired) electrons. The predicted molar refractivity (Wildman–Crippen MR) is 119 cm³/mol. The van der Waals surface area contributed by atoms with Crippen LogP contribution in [0.25, 0.3) is 0 Å². The van der Waals surface area contributed by atoms with Crippen molar-refractivity contribution in [2.75, 3.05) is 13.1 Å². The van der Waals surface area contributed by atoms with Crippen LogP contribution >= 0.6 is 7.60 Å². The zero-order valence-corrected chi connectivity index (χ0v) is 20.1. The zero-order valence-electron chi connectivity index (χ0n) is 19.2. The molecule has 168 valence electrons. The first-order chi connectivity index (χ1) is 13.2. The van der Waals surface area contributed by atoms with E-state index in [9.17, 15) is 19.1 Å². The van der Waals surface area contributed by atoms with Gasteiger partial charge in [-0.25, -0.2) is 0 Å². The van der Waals surface area contributed by atoms with Crippen molar-refractivity contribution < 1.29 is 19.1 Å². The van der Waals surface area contributed by atoms with E-state index in [0.29, 0.717) is 25.9 Å². The molecule has 0 rings (SSSR count). The standard InChI is InChI=1S/C22H46NO4P/c1-7-13-15-19(9-3)17-22(28(25,26)27,21(24)23(11-5)12-6)18-20(10-4)16-14-8-2/h19-20H,7-18H2,1-6H3,(H2,25,26,27). The fraction of sp³-hybridized carbons (Fsp3) is 0.955. The third-order valence-corrected chi connectivity index (χ3v) is 8.02. The lowest BCUT2D eigenvalue weighted by Gasteiger charge is -2.41. The molecular formula is C22H46NO4P. The van der Waals surface area contributed by atoms with Gasteiger partial charge in [-0.05, 0) is 38.5 Å². The molecule has 0 saturated heterocycles. The Kier molecular flexibility index (Phi) is 13.6. The molecule has 0 bridgehead atoms. The normalized spacial score (nSPS) is 16.4. The van der Waals surface area contributed by atoms with Gasteiger partial charge in [-0.3, -0.25) is 9.36 Å². The molecule has 0 saturated carbocycles. The van der Waals surface area contributed by atoms with Gasteiger partial charge in [0.1, 0.15) is 0 Å². The van der Waals surface area contributed by atoms with Gasteiger partial charge in [0.2, 0.25) is 5.91 Å². The topological polar surface area (TPSA) is 77.8 Å². The molecule has 0 heterocycles. The maximum Gasteiger partial charge on any atom is 0.341 e. The Hall–Kier alpha value is -0.380. The van der Waals surface area contributed by atoms with Gasteiger partial charge in [0, 0.05) is 13.1 Å². The highest BCUT2D eigenvalue weighted by Crippen LogP contribution is 2.59. The van der Waals surface area contributed by atoms with Crippen molar-refractivity contribution in [3.05, 3.63) is 0 Å². The van der Waals surface area contributed by atoms with E-state index >= 15 is 0 Å². The summed E-state index contributed by atoms with van der Waals surface area (Å²) in [6.07, 6.45) is 8.30. The summed E-state index contributed by atoms with van der Waals surface area (Å²) in [5.74, 6) is -0.0118. The first kappa shape index (κ1) is 27.6. The first-order valence-corrected chi connectivity index (χ1v) is 13.1.